The number of nitrogens with zero attached hydrogens (tertiary/aromatic N) is 5. The number of carbonyl (C=O) groups is 1. The zero-order valence-corrected chi connectivity index (χ0v) is 18.7. The number of benzene rings is 1. The van der Waals surface area contributed by atoms with E-state index in [4.69, 9.17) is 5.73 Å². The first-order chi connectivity index (χ1) is 16.1. The highest BCUT2D eigenvalue weighted by atomic mass is 16.2. The molecule has 1 spiro atoms. The van der Waals surface area contributed by atoms with Crippen molar-refractivity contribution >= 4 is 17.4 Å². The first-order valence-electron chi connectivity index (χ1n) is 11.8. The van der Waals surface area contributed by atoms with E-state index in [1.165, 1.54) is 11.1 Å². The molecule has 1 atom stereocenters. The van der Waals surface area contributed by atoms with Gasteiger partial charge < -0.3 is 15.5 Å². The van der Waals surface area contributed by atoms with Crippen molar-refractivity contribution < 1.29 is 4.79 Å². The topological polar surface area (TPSA) is 88.2 Å². The zero-order valence-electron chi connectivity index (χ0n) is 18.7. The van der Waals surface area contributed by atoms with Crippen LogP contribution in [0.2, 0.25) is 0 Å². The van der Waals surface area contributed by atoms with Gasteiger partial charge in [0, 0.05) is 31.9 Å². The summed E-state index contributed by atoms with van der Waals surface area (Å²) in [4.78, 5) is 30.7. The van der Waals surface area contributed by atoms with Crippen molar-refractivity contribution in [3.8, 4) is 0 Å². The molecule has 0 saturated carbocycles. The maximum atomic E-state index is 13.1. The van der Waals surface area contributed by atoms with Gasteiger partial charge in [0.05, 0.1) is 23.8 Å². The number of aromatic nitrogens is 3. The molecule has 7 nitrogen and oxygen atoms in total. The molecule has 1 fully saturated rings. The normalized spacial score (nSPS) is 20.4. The molecule has 2 aromatic heterocycles. The number of amides is 1. The average molecular weight is 457 g/mol. The third kappa shape index (κ3) is 3.64. The Hall–Kier alpha value is -3.32. The van der Waals surface area contributed by atoms with Gasteiger partial charge in [-0.05, 0) is 60.8 Å². The van der Waals surface area contributed by atoms with Crippen LogP contribution in [0.3, 0.4) is 0 Å². The second kappa shape index (κ2) is 8.80. The number of fused-ring (bicyclic) bond motifs is 2. The maximum Gasteiger partial charge on any atom is 0.278 e. The summed E-state index contributed by atoms with van der Waals surface area (Å²) in [5, 5.41) is 0. The summed E-state index contributed by atoms with van der Waals surface area (Å²) in [5.74, 6) is 0.710. The molecule has 7 heteroatoms. The van der Waals surface area contributed by atoms with Gasteiger partial charge in [0.25, 0.3) is 5.91 Å². The number of hydrogen-bond acceptors (Lipinski definition) is 6. The van der Waals surface area contributed by atoms with Gasteiger partial charge in [0.2, 0.25) is 0 Å². The van der Waals surface area contributed by atoms with Crippen LogP contribution in [0.1, 0.15) is 60.0 Å². The standard InChI is InChI=1S/C26H28N6O.CH4/c27-24-19-6-2-1-5-18(19)15-26(24)9-13-31(14-10-26)23-17-29-21(16-30-23)25(33)32-12-4-7-20-22(32)8-3-11-28-20;/h1-3,5-6,8,11,16-17,24H,4,7,9-10,12-15,27H2;1H4/t24-;/m1./s1. The molecule has 1 amide bonds. The summed E-state index contributed by atoms with van der Waals surface area (Å²) in [7, 11) is 0. The van der Waals surface area contributed by atoms with Crippen molar-refractivity contribution in [3.05, 3.63) is 77.5 Å². The molecule has 2 aliphatic heterocycles. The van der Waals surface area contributed by atoms with Crippen molar-refractivity contribution in [3.63, 3.8) is 0 Å². The molecular weight excluding hydrogens is 424 g/mol. The largest absolute Gasteiger partial charge is 0.355 e. The Morgan fingerprint density at radius 1 is 1.00 bits per heavy atom. The number of rotatable bonds is 2. The van der Waals surface area contributed by atoms with E-state index in [1.807, 2.05) is 12.1 Å². The van der Waals surface area contributed by atoms with Crippen molar-refractivity contribution in [1.29, 1.82) is 0 Å². The van der Waals surface area contributed by atoms with Gasteiger partial charge in [0.1, 0.15) is 11.5 Å². The Balaban J connectivity index is 0.00000241. The second-order valence-corrected chi connectivity index (χ2v) is 9.49. The summed E-state index contributed by atoms with van der Waals surface area (Å²) in [6, 6.07) is 12.5. The van der Waals surface area contributed by atoms with Crippen molar-refractivity contribution in [1.82, 2.24) is 15.0 Å². The fourth-order valence-corrected chi connectivity index (χ4v) is 5.82. The monoisotopic (exact) mass is 456 g/mol. The highest BCUT2D eigenvalue weighted by Crippen LogP contribution is 2.50. The lowest BCUT2D eigenvalue weighted by Gasteiger charge is -2.42. The van der Waals surface area contributed by atoms with Crippen LogP contribution in [0.4, 0.5) is 11.5 Å². The van der Waals surface area contributed by atoms with E-state index in [1.54, 1.807) is 23.5 Å². The predicted molar refractivity (Wildman–Crippen MR) is 134 cm³/mol. The quantitative estimate of drug-likeness (QED) is 0.628. The van der Waals surface area contributed by atoms with Gasteiger partial charge >= 0.3 is 0 Å². The molecule has 0 radical (unpaired) electrons. The van der Waals surface area contributed by atoms with Gasteiger partial charge in [-0.1, -0.05) is 31.7 Å². The lowest BCUT2D eigenvalue weighted by Crippen LogP contribution is -2.44. The van der Waals surface area contributed by atoms with E-state index in [0.717, 1.165) is 62.4 Å². The molecule has 2 N–H and O–H groups in total. The second-order valence-electron chi connectivity index (χ2n) is 9.49. The first kappa shape index (κ1) is 22.5. The van der Waals surface area contributed by atoms with Crippen LogP contribution < -0.4 is 15.5 Å². The van der Waals surface area contributed by atoms with E-state index < -0.39 is 0 Å². The minimum atomic E-state index is -0.115. The maximum absolute atomic E-state index is 13.1. The fourth-order valence-electron chi connectivity index (χ4n) is 5.82. The zero-order chi connectivity index (χ0) is 22.4. The lowest BCUT2D eigenvalue weighted by atomic mass is 9.73. The van der Waals surface area contributed by atoms with Crippen LogP contribution in [-0.2, 0) is 12.8 Å². The Labute approximate surface area is 201 Å². The number of aryl methyl sites for hydroxylation is 1. The molecule has 1 aliphatic carbocycles. The molecule has 0 bridgehead atoms. The molecule has 3 aliphatic rings. The van der Waals surface area contributed by atoms with Crippen LogP contribution in [0, 0.1) is 5.41 Å². The molecule has 1 aromatic carbocycles. The van der Waals surface area contributed by atoms with Crippen LogP contribution in [0.5, 0.6) is 0 Å². The lowest BCUT2D eigenvalue weighted by molar-refractivity contribution is 0.0979. The van der Waals surface area contributed by atoms with Gasteiger partial charge in [-0.3, -0.25) is 9.78 Å². The number of carbonyl (C=O) groups excluding carboxylic acids is 1. The van der Waals surface area contributed by atoms with Gasteiger partial charge in [0.15, 0.2) is 0 Å². The van der Waals surface area contributed by atoms with Crippen LogP contribution in [0.15, 0.2) is 55.0 Å². The molecule has 4 heterocycles. The smallest absolute Gasteiger partial charge is 0.278 e. The number of nitrogens with two attached hydrogens (primary N) is 1. The third-order valence-corrected chi connectivity index (χ3v) is 7.73. The van der Waals surface area contributed by atoms with Gasteiger partial charge in [-0.15, -0.1) is 0 Å². The SMILES string of the molecule is C.N[C@@H]1c2ccccc2CC12CCN(c1cnc(C(=O)N3CCCc4ncccc43)cn1)CC2. The summed E-state index contributed by atoms with van der Waals surface area (Å²) in [6.45, 7) is 2.47. The predicted octanol–water partition coefficient (Wildman–Crippen LogP) is 3.94. The fraction of sp³-hybridized carbons (Fsp3) is 0.407. The highest BCUT2D eigenvalue weighted by molar-refractivity contribution is 6.05. The Bertz CT molecular complexity index is 1190. The van der Waals surface area contributed by atoms with Crippen LogP contribution >= 0.6 is 0 Å². The molecular formula is C27H32N6O. The molecule has 6 rings (SSSR count). The highest BCUT2D eigenvalue weighted by Gasteiger charge is 2.45. The van der Waals surface area contributed by atoms with Crippen LogP contribution in [0.25, 0.3) is 0 Å². The van der Waals surface area contributed by atoms with Crippen LogP contribution in [-0.4, -0.2) is 40.5 Å². The van der Waals surface area contributed by atoms with Crippen molar-refractivity contribution in [2.24, 2.45) is 11.1 Å². The van der Waals surface area contributed by atoms with E-state index in [-0.39, 0.29) is 24.8 Å². The summed E-state index contributed by atoms with van der Waals surface area (Å²) in [5.41, 5.74) is 11.8. The number of anilines is 2. The van der Waals surface area contributed by atoms with E-state index in [2.05, 4.69) is 44.1 Å². The number of hydrogen-bond donors (Lipinski definition) is 1. The van der Waals surface area contributed by atoms with E-state index in [0.29, 0.717) is 12.2 Å². The first-order valence-corrected chi connectivity index (χ1v) is 11.8. The molecule has 3 aromatic rings. The molecule has 0 unspecified atom stereocenters. The summed E-state index contributed by atoms with van der Waals surface area (Å²) in [6.07, 6.45) is 10.1. The third-order valence-electron chi connectivity index (χ3n) is 7.73. The number of piperidine rings is 1. The van der Waals surface area contributed by atoms with E-state index >= 15 is 0 Å². The van der Waals surface area contributed by atoms with Gasteiger partial charge in [-0.25, -0.2) is 9.97 Å². The average Bonchev–Trinajstić information content (AvgIpc) is 3.15. The molecule has 1 saturated heterocycles. The summed E-state index contributed by atoms with van der Waals surface area (Å²) < 4.78 is 0. The Morgan fingerprint density at radius 3 is 2.59 bits per heavy atom. The summed E-state index contributed by atoms with van der Waals surface area (Å²) >= 11 is 0. The minimum Gasteiger partial charge on any atom is -0.355 e. The van der Waals surface area contributed by atoms with Gasteiger partial charge in [-0.2, -0.15) is 0 Å². The molecule has 176 valence electrons. The molecule has 34 heavy (non-hydrogen) atoms. The van der Waals surface area contributed by atoms with E-state index in [9.17, 15) is 4.79 Å². The Kier molecular flexibility index (Phi) is 5.81. The van der Waals surface area contributed by atoms with Crippen molar-refractivity contribution in [2.75, 3.05) is 29.4 Å². The number of pyridine rings is 1. The van der Waals surface area contributed by atoms with Crippen molar-refractivity contribution in [2.45, 2.75) is 45.6 Å². The Morgan fingerprint density at radius 2 is 1.82 bits per heavy atom. The minimum absolute atomic E-state index is 0.